The minimum atomic E-state index is -0.325. The van der Waals surface area contributed by atoms with Gasteiger partial charge in [-0.05, 0) is 36.8 Å². The van der Waals surface area contributed by atoms with Gasteiger partial charge < -0.3 is 4.74 Å². The lowest BCUT2D eigenvalue weighted by Crippen LogP contribution is -2.07. The Morgan fingerprint density at radius 1 is 1.17 bits per heavy atom. The van der Waals surface area contributed by atoms with E-state index in [0.717, 1.165) is 26.2 Å². The highest BCUT2D eigenvalue weighted by molar-refractivity contribution is 7.24. The number of esters is 1. The van der Waals surface area contributed by atoms with Gasteiger partial charge >= 0.3 is 5.97 Å². The van der Waals surface area contributed by atoms with Gasteiger partial charge in [0.15, 0.2) is 0 Å². The number of carbonyl (C=O) groups excluding carboxylic acids is 1. The largest absolute Gasteiger partial charge is 0.461 e. The zero-order chi connectivity index (χ0) is 16.7. The van der Waals surface area contributed by atoms with E-state index < -0.39 is 0 Å². The summed E-state index contributed by atoms with van der Waals surface area (Å²) in [6.45, 7) is 2.15. The number of hydrogen-bond acceptors (Lipinski definition) is 3. The molecule has 0 N–H and O–H groups in total. The Morgan fingerprint density at radius 2 is 1.96 bits per heavy atom. The molecular weight excluding hydrogens is 342 g/mol. The fourth-order valence-corrected chi connectivity index (χ4v) is 4.21. The molecule has 0 amide bonds. The number of benzene rings is 2. The van der Waals surface area contributed by atoms with Gasteiger partial charge in [0, 0.05) is 10.6 Å². The predicted molar refractivity (Wildman–Crippen MR) is 99.2 cm³/mol. The van der Waals surface area contributed by atoms with Crippen molar-refractivity contribution in [2.24, 2.45) is 0 Å². The highest BCUT2D eigenvalue weighted by Crippen LogP contribution is 2.38. The van der Waals surface area contributed by atoms with Crippen LogP contribution in [0.3, 0.4) is 0 Å². The first kappa shape index (κ1) is 15.2. The summed E-state index contributed by atoms with van der Waals surface area (Å²) in [5, 5.41) is 0.645. The Morgan fingerprint density at radius 3 is 2.71 bits per heavy atom. The topological polar surface area (TPSA) is 30.7 Å². The number of nitrogens with zero attached hydrogens (tertiary/aromatic N) is 1. The lowest BCUT2D eigenvalue weighted by molar-refractivity contribution is 0.0519. The van der Waals surface area contributed by atoms with Crippen molar-refractivity contribution in [3.8, 4) is 11.1 Å². The van der Waals surface area contributed by atoms with Crippen molar-refractivity contribution in [3.63, 3.8) is 0 Å². The van der Waals surface area contributed by atoms with Crippen molar-refractivity contribution >= 4 is 44.0 Å². The standard InChI is InChI=1S/C19H14ClNO2S/c1-2-23-19(22)16-11-14(12-6-4-3-5-7-12)18-21(16)15-10-13(20)8-9-17(15)24-18/h3-11H,2H2,1H3. The van der Waals surface area contributed by atoms with Crippen LogP contribution in [0.15, 0.2) is 54.6 Å². The molecule has 4 aromatic rings. The number of rotatable bonds is 3. The van der Waals surface area contributed by atoms with Gasteiger partial charge in [-0.15, -0.1) is 11.3 Å². The lowest BCUT2D eigenvalue weighted by atomic mass is 10.1. The number of halogens is 1. The van der Waals surface area contributed by atoms with Gasteiger partial charge in [-0.1, -0.05) is 41.9 Å². The Bertz CT molecular complexity index is 1050. The molecule has 0 saturated heterocycles. The maximum absolute atomic E-state index is 12.5. The highest BCUT2D eigenvalue weighted by Gasteiger charge is 2.21. The molecule has 5 heteroatoms. The van der Waals surface area contributed by atoms with Crippen LogP contribution in [-0.4, -0.2) is 17.0 Å². The first-order valence-corrected chi connectivity index (χ1v) is 8.84. The first-order chi connectivity index (χ1) is 11.7. The van der Waals surface area contributed by atoms with Crippen molar-refractivity contribution in [3.05, 3.63) is 65.3 Å². The fourth-order valence-electron chi connectivity index (χ4n) is 2.87. The molecule has 0 fully saturated rings. The lowest BCUT2D eigenvalue weighted by Gasteiger charge is -2.01. The Labute approximate surface area is 148 Å². The summed E-state index contributed by atoms with van der Waals surface area (Å²) >= 11 is 7.81. The quantitative estimate of drug-likeness (QED) is 0.444. The van der Waals surface area contributed by atoms with E-state index in [-0.39, 0.29) is 5.97 Å². The van der Waals surface area contributed by atoms with Crippen LogP contribution >= 0.6 is 22.9 Å². The van der Waals surface area contributed by atoms with E-state index in [2.05, 4.69) is 0 Å². The molecule has 0 atom stereocenters. The van der Waals surface area contributed by atoms with Crippen LogP contribution in [0.5, 0.6) is 0 Å². The van der Waals surface area contributed by atoms with Crippen LogP contribution in [0, 0.1) is 0 Å². The average Bonchev–Trinajstić information content (AvgIpc) is 3.13. The summed E-state index contributed by atoms with van der Waals surface area (Å²) in [6, 6.07) is 17.7. The molecule has 4 rings (SSSR count). The van der Waals surface area contributed by atoms with Crippen molar-refractivity contribution in [2.45, 2.75) is 6.92 Å². The molecule has 0 spiro atoms. The minimum Gasteiger partial charge on any atom is -0.461 e. The van der Waals surface area contributed by atoms with Gasteiger partial charge in [0.25, 0.3) is 0 Å². The molecule has 24 heavy (non-hydrogen) atoms. The number of carbonyl (C=O) groups is 1. The van der Waals surface area contributed by atoms with Crippen LogP contribution in [-0.2, 0) is 4.74 Å². The SMILES string of the molecule is CCOC(=O)c1cc(-c2ccccc2)c2sc3ccc(Cl)cc3n12. The second-order valence-corrected chi connectivity index (χ2v) is 6.85. The van der Waals surface area contributed by atoms with Crippen LogP contribution < -0.4 is 0 Å². The van der Waals surface area contributed by atoms with E-state index in [9.17, 15) is 4.79 Å². The second kappa shape index (κ2) is 5.96. The molecule has 0 aliphatic carbocycles. The highest BCUT2D eigenvalue weighted by atomic mass is 35.5. The molecule has 2 heterocycles. The number of aromatic nitrogens is 1. The predicted octanol–water partition coefficient (Wildman–Crippen LogP) is 5.65. The zero-order valence-electron chi connectivity index (χ0n) is 13.0. The van der Waals surface area contributed by atoms with E-state index >= 15 is 0 Å². The normalized spacial score (nSPS) is 11.2. The molecule has 120 valence electrons. The van der Waals surface area contributed by atoms with Crippen LogP contribution in [0.1, 0.15) is 17.4 Å². The van der Waals surface area contributed by atoms with Crippen LogP contribution in [0.2, 0.25) is 5.02 Å². The molecule has 0 radical (unpaired) electrons. The molecule has 0 aliphatic heterocycles. The van der Waals surface area contributed by atoms with Crippen LogP contribution in [0.4, 0.5) is 0 Å². The Balaban J connectivity index is 2.08. The summed E-state index contributed by atoms with van der Waals surface area (Å²) in [7, 11) is 0. The average molecular weight is 356 g/mol. The Hall–Kier alpha value is -2.30. The molecule has 0 aliphatic rings. The maximum atomic E-state index is 12.5. The maximum Gasteiger partial charge on any atom is 0.355 e. The first-order valence-electron chi connectivity index (χ1n) is 7.65. The summed E-state index contributed by atoms with van der Waals surface area (Å²) in [5.41, 5.74) is 3.55. The van der Waals surface area contributed by atoms with E-state index in [1.54, 1.807) is 11.3 Å². The van der Waals surface area contributed by atoms with Crippen molar-refractivity contribution in [1.29, 1.82) is 0 Å². The molecule has 2 aromatic carbocycles. The van der Waals surface area contributed by atoms with Crippen LogP contribution in [0.25, 0.3) is 26.2 Å². The summed E-state index contributed by atoms with van der Waals surface area (Å²) in [6.07, 6.45) is 0. The van der Waals surface area contributed by atoms with Gasteiger partial charge in [-0.25, -0.2) is 4.79 Å². The van der Waals surface area contributed by atoms with Crippen molar-refractivity contribution in [2.75, 3.05) is 6.61 Å². The third-order valence-electron chi connectivity index (χ3n) is 3.89. The number of fused-ring (bicyclic) bond motifs is 3. The van der Waals surface area contributed by atoms with E-state index in [0.29, 0.717) is 17.3 Å². The monoisotopic (exact) mass is 355 g/mol. The zero-order valence-corrected chi connectivity index (χ0v) is 14.5. The summed E-state index contributed by atoms with van der Waals surface area (Å²) in [4.78, 5) is 13.5. The van der Waals surface area contributed by atoms with Gasteiger partial charge in [-0.2, -0.15) is 0 Å². The molecular formula is C19H14ClNO2S. The fraction of sp³-hybridized carbons (Fsp3) is 0.105. The van der Waals surface area contributed by atoms with Gasteiger partial charge in [-0.3, -0.25) is 4.40 Å². The smallest absolute Gasteiger partial charge is 0.355 e. The number of ether oxygens (including phenoxy) is 1. The van der Waals surface area contributed by atoms with Crippen molar-refractivity contribution < 1.29 is 9.53 Å². The third kappa shape index (κ3) is 2.39. The number of hydrogen-bond donors (Lipinski definition) is 0. The van der Waals surface area contributed by atoms with E-state index in [1.807, 2.05) is 65.9 Å². The third-order valence-corrected chi connectivity index (χ3v) is 5.29. The number of thiazole rings is 1. The van der Waals surface area contributed by atoms with E-state index in [4.69, 9.17) is 16.3 Å². The molecule has 0 bridgehead atoms. The molecule has 3 nitrogen and oxygen atoms in total. The minimum absolute atomic E-state index is 0.325. The van der Waals surface area contributed by atoms with Gasteiger partial charge in [0.1, 0.15) is 10.5 Å². The molecule has 0 unspecified atom stereocenters. The van der Waals surface area contributed by atoms with Gasteiger partial charge in [0.05, 0.1) is 16.8 Å². The Kier molecular flexibility index (Phi) is 3.79. The summed E-state index contributed by atoms with van der Waals surface area (Å²) < 4.78 is 8.28. The molecule has 0 saturated carbocycles. The van der Waals surface area contributed by atoms with Gasteiger partial charge in [0.2, 0.25) is 0 Å². The second-order valence-electron chi connectivity index (χ2n) is 5.38. The van der Waals surface area contributed by atoms with E-state index in [1.165, 1.54) is 0 Å². The molecule has 2 aromatic heterocycles. The summed E-state index contributed by atoms with van der Waals surface area (Å²) in [5.74, 6) is -0.325. The van der Waals surface area contributed by atoms with Crippen molar-refractivity contribution in [1.82, 2.24) is 4.40 Å².